The molecule has 7 nitrogen and oxygen atoms in total. The third-order valence-corrected chi connectivity index (χ3v) is 3.59. The molecule has 1 aromatic heterocycles. The number of aryl methyl sites for hydroxylation is 1. The van der Waals surface area contributed by atoms with Crippen LogP contribution in [0.3, 0.4) is 0 Å². The van der Waals surface area contributed by atoms with Crippen LogP contribution in [0.15, 0.2) is 6.07 Å². The lowest BCUT2D eigenvalue weighted by atomic mass is 9.92. The molecule has 0 radical (unpaired) electrons. The molecule has 0 aliphatic rings. The number of carbonyl (C=O) groups excluding carboxylic acids is 2. The van der Waals surface area contributed by atoms with Crippen LogP contribution in [0, 0.1) is 0 Å². The van der Waals surface area contributed by atoms with Gasteiger partial charge in [0, 0.05) is 18.5 Å². The second-order valence-electron chi connectivity index (χ2n) is 6.44. The summed E-state index contributed by atoms with van der Waals surface area (Å²) in [4.78, 5) is 25.5. The normalized spacial score (nSPS) is 12.7. The lowest BCUT2D eigenvalue weighted by Crippen LogP contribution is -2.41. The molecule has 1 rings (SSSR count). The molecule has 0 fully saturated rings. The maximum atomic E-state index is 12.5. The minimum Gasteiger partial charge on any atom is -0.444 e. The van der Waals surface area contributed by atoms with Crippen LogP contribution in [0.2, 0.25) is 0 Å². The van der Waals surface area contributed by atoms with Crippen molar-refractivity contribution in [2.75, 3.05) is 18.1 Å². The Kier molecular flexibility index (Phi) is 8.25. The minimum atomic E-state index is -1.87. The van der Waals surface area contributed by atoms with Gasteiger partial charge in [0.1, 0.15) is 19.0 Å². The first-order valence-corrected chi connectivity index (χ1v) is 9.60. The first-order chi connectivity index (χ1) is 12.0. The Morgan fingerprint density at radius 3 is 1.70 bits per heavy atom. The highest BCUT2D eigenvalue weighted by Gasteiger charge is 2.35. The van der Waals surface area contributed by atoms with Crippen LogP contribution in [-0.2, 0) is 21.9 Å². The van der Waals surface area contributed by atoms with Crippen LogP contribution < -0.4 is 4.90 Å². The zero-order chi connectivity index (χ0) is 21.2. The van der Waals surface area contributed by atoms with E-state index in [0.29, 0.717) is 10.6 Å². The Bertz CT molecular complexity index is 660. The van der Waals surface area contributed by atoms with Crippen molar-refractivity contribution in [1.29, 1.82) is 0 Å². The summed E-state index contributed by atoms with van der Waals surface area (Å²) >= 11 is 33.4. The molecule has 0 aromatic carbocycles. The van der Waals surface area contributed by atoms with E-state index in [-0.39, 0.29) is 11.2 Å². The van der Waals surface area contributed by atoms with Gasteiger partial charge in [0.2, 0.25) is 7.59 Å². The van der Waals surface area contributed by atoms with Crippen LogP contribution in [0.25, 0.3) is 0 Å². The predicted octanol–water partition coefficient (Wildman–Crippen LogP) is 5.54. The molecule has 2 amide bonds. The highest BCUT2D eigenvalue weighted by Crippen LogP contribution is 2.30. The number of imide groups is 1. The zero-order valence-corrected chi connectivity index (χ0v) is 19.3. The number of carbonyl (C=O) groups is 2. The third kappa shape index (κ3) is 8.30. The Labute approximate surface area is 186 Å². The number of amides is 2. The van der Waals surface area contributed by atoms with E-state index in [0.717, 1.165) is 0 Å². The highest BCUT2D eigenvalue weighted by molar-refractivity contribution is 6.68. The molecular weight excluding hydrogens is 487 g/mol. The summed E-state index contributed by atoms with van der Waals surface area (Å²) in [7, 11) is 1.53. The van der Waals surface area contributed by atoms with E-state index in [4.69, 9.17) is 79.1 Å². The molecule has 1 aromatic rings. The summed E-state index contributed by atoms with van der Waals surface area (Å²) in [5.74, 6) is 0.0589. The lowest BCUT2D eigenvalue weighted by Gasteiger charge is -2.22. The van der Waals surface area contributed by atoms with Crippen molar-refractivity contribution in [2.24, 2.45) is 7.05 Å². The molecule has 0 aliphatic carbocycles. The molecule has 1 heterocycles. The van der Waals surface area contributed by atoms with Gasteiger partial charge in [0.15, 0.2) is 0 Å². The van der Waals surface area contributed by atoms with Gasteiger partial charge in [-0.2, -0.15) is 10.00 Å². The van der Waals surface area contributed by atoms with Crippen LogP contribution in [-0.4, -0.2) is 42.8 Å². The lowest BCUT2D eigenvalue weighted by molar-refractivity contribution is 0.136. The molecule has 154 valence electrons. The van der Waals surface area contributed by atoms with Gasteiger partial charge in [0.25, 0.3) is 0 Å². The molecule has 0 atom stereocenters. The Balaban J connectivity index is 3.20. The summed E-state index contributed by atoms with van der Waals surface area (Å²) in [6.45, 7) is 4.52. The molecule has 0 spiro atoms. The van der Waals surface area contributed by atoms with E-state index in [1.807, 2.05) is 20.8 Å². The number of hydrogen-bond donors (Lipinski definition) is 0. The van der Waals surface area contributed by atoms with Crippen molar-refractivity contribution in [3.63, 3.8) is 0 Å². The fourth-order valence-electron chi connectivity index (χ4n) is 1.71. The van der Waals surface area contributed by atoms with Gasteiger partial charge >= 0.3 is 12.2 Å². The van der Waals surface area contributed by atoms with Crippen molar-refractivity contribution in [1.82, 2.24) is 9.78 Å². The number of halogens is 6. The van der Waals surface area contributed by atoms with Crippen molar-refractivity contribution in [2.45, 2.75) is 33.8 Å². The number of rotatable bonds is 3. The zero-order valence-electron chi connectivity index (χ0n) is 14.7. The van der Waals surface area contributed by atoms with Gasteiger partial charge < -0.3 is 9.47 Å². The van der Waals surface area contributed by atoms with Crippen LogP contribution >= 0.6 is 69.6 Å². The topological polar surface area (TPSA) is 73.7 Å². The average molecular weight is 504 g/mol. The maximum absolute atomic E-state index is 12.5. The van der Waals surface area contributed by atoms with Gasteiger partial charge in [-0.05, 0) is 0 Å². The fraction of sp³-hybridized carbons (Fsp3) is 0.643. The molecule has 0 bridgehead atoms. The average Bonchev–Trinajstić information content (AvgIpc) is 2.84. The number of ether oxygens (including phenoxy) is 2. The summed E-state index contributed by atoms with van der Waals surface area (Å²) in [6, 6.07) is 1.52. The third-order valence-electron chi connectivity index (χ3n) is 2.94. The Morgan fingerprint density at radius 2 is 1.41 bits per heavy atom. The highest BCUT2D eigenvalue weighted by atomic mass is 35.6. The van der Waals surface area contributed by atoms with Crippen molar-refractivity contribution in [3.8, 4) is 0 Å². The molecule has 0 saturated heterocycles. The van der Waals surface area contributed by atoms with Crippen LogP contribution in [0.1, 0.15) is 26.5 Å². The van der Waals surface area contributed by atoms with E-state index >= 15 is 0 Å². The number of hydrogen-bond acceptors (Lipinski definition) is 5. The van der Waals surface area contributed by atoms with Gasteiger partial charge in [-0.15, -0.1) is 0 Å². The number of alkyl halides is 6. The largest absolute Gasteiger partial charge is 0.444 e. The monoisotopic (exact) mass is 501 g/mol. The van der Waals surface area contributed by atoms with Gasteiger partial charge in [-0.1, -0.05) is 90.4 Å². The smallest absolute Gasteiger partial charge is 0.425 e. The molecule has 13 heteroatoms. The van der Waals surface area contributed by atoms with E-state index in [9.17, 15) is 9.59 Å². The quantitative estimate of drug-likeness (QED) is 0.506. The first kappa shape index (κ1) is 24.7. The maximum Gasteiger partial charge on any atom is 0.425 e. The van der Waals surface area contributed by atoms with E-state index in [2.05, 4.69) is 5.10 Å². The van der Waals surface area contributed by atoms with Crippen LogP contribution in [0.4, 0.5) is 15.4 Å². The summed E-state index contributed by atoms with van der Waals surface area (Å²) in [5.41, 5.74) is 0.248. The van der Waals surface area contributed by atoms with Crippen molar-refractivity contribution >= 4 is 87.6 Å². The molecular formula is C14H17Cl6N3O4. The number of anilines is 1. The summed E-state index contributed by atoms with van der Waals surface area (Å²) in [6.07, 6.45) is -2.31. The van der Waals surface area contributed by atoms with Gasteiger partial charge in [-0.25, -0.2) is 9.59 Å². The fourth-order valence-corrected chi connectivity index (χ4v) is 2.04. The molecule has 0 N–H and O–H groups in total. The first-order valence-electron chi connectivity index (χ1n) is 7.33. The minimum absolute atomic E-state index is 0.0589. The van der Waals surface area contributed by atoms with E-state index in [1.165, 1.54) is 17.8 Å². The van der Waals surface area contributed by atoms with Crippen molar-refractivity contribution < 1.29 is 19.1 Å². The molecule has 0 aliphatic heterocycles. The van der Waals surface area contributed by atoms with Gasteiger partial charge in [0.05, 0.1) is 5.69 Å². The second-order valence-corrected chi connectivity index (χ2v) is 11.5. The molecule has 0 saturated carbocycles. The summed E-state index contributed by atoms with van der Waals surface area (Å²) < 4.78 is 7.31. The van der Waals surface area contributed by atoms with Crippen molar-refractivity contribution in [3.05, 3.63) is 11.8 Å². The number of aromatic nitrogens is 2. The predicted molar refractivity (Wildman–Crippen MR) is 108 cm³/mol. The Hall–Kier alpha value is -0.310. The number of nitrogens with zero attached hydrogens (tertiary/aromatic N) is 3. The van der Waals surface area contributed by atoms with Gasteiger partial charge in [-0.3, -0.25) is 4.68 Å². The van der Waals surface area contributed by atoms with E-state index < -0.39 is 33.0 Å². The van der Waals surface area contributed by atoms with E-state index in [1.54, 1.807) is 0 Å². The molecule has 27 heavy (non-hydrogen) atoms. The summed E-state index contributed by atoms with van der Waals surface area (Å²) in [5, 5.41) is 4.29. The van der Waals surface area contributed by atoms with Crippen LogP contribution in [0.5, 0.6) is 0 Å². The second kappa shape index (κ2) is 9.01. The molecule has 0 unspecified atom stereocenters. The standard InChI is InChI=1S/C14H17Cl6N3O4/c1-12(2,3)8-5-9(22(4)21-8)23(10(24)26-6-13(15,16)17)11(25)27-7-14(18,19)20/h5H,6-7H2,1-4H3. The SMILES string of the molecule is Cn1nc(C(C)(C)C)cc1N(C(=O)OCC(Cl)(Cl)Cl)C(=O)OCC(Cl)(Cl)Cl. The Morgan fingerprint density at radius 1 is 1.00 bits per heavy atom.